The number of benzene rings is 1. The Balaban J connectivity index is 2.13. The molecule has 1 heterocycles. The minimum atomic E-state index is -0.186. The number of nitrogens with two attached hydrogens (primary N) is 1. The SMILES string of the molecule is CCCN1CCOC(C(N)c2cc(OC)cc(OC)c2)C1. The molecule has 1 aliphatic rings. The molecule has 2 unspecified atom stereocenters. The Morgan fingerprint density at radius 1 is 1.29 bits per heavy atom. The summed E-state index contributed by atoms with van der Waals surface area (Å²) in [6.45, 7) is 5.87. The van der Waals surface area contributed by atoms with Crippen LogP contribution >= 0.6 is 0 Å². The summed E-state index contributed by atoms with van der Waals surface area (Å²) < 4.78 is 16.5. The van der Waals surface area contributed by atoms with Crippen molar-refractivity contribution in [3.8, 4) is 11.5 Å². The van der Waals surface area contributed by atoms with Crippen LogP contribution in [0, 0.1) is 0 Å². The summed E-state index contributed by atoms with van der Waals surface area (Å²) in [6, 6.07) is 5.57. The molecule has 1 aromatic carbocycles. The third kappa shape index (κ3) is 4.09. The zero-order valence-electron chi connectivity index (χ0n) is 13.2. The highest BCUT2D eigenvalue weighted by Gasteiger charge is 2.27. The highest BCUT2D eigenvalue weighted by Crippen LogP contribution is 2.28. The van der Waals surface area contributed by atoms with Crippen molar-refractivity contribution in [1.82, 2.24) is 4.90 Å². The van der Waals surface area contributed by atoms with Crippen LogP contribution in [0.25, 0.3) is 0 Å². The standard InChI is InChI=1S/C16H26N2O3/c1-4-5-18-6-7-21-15(11-18)16(17)12-8-13(19-2)10-14(9-12)20-3/h8-10,15-16H,4-7,11,17H2,1-3H3. The van der Waals surface area contributed by atoms with Gasteiger partial charge in [0.1, 0.15) is 11.5 Å². The quantitative estimate of drug-likeness (QED) is 0.867. The van der Waals surface area contributed by atoms with Crippen molar-refractivity contribution in [3.63, 3.8) is 0 Å². The van der Waals surface area contributed by atoms with Gasteiger partial charge in [0.15, 0.2) is 0 Å². The van der Waals surface area contributed by atoms with Crippen molar-refractivity contribution >= 4 is 0 Å². The Kier molecular flexibility index (Phi) is 5.85. The smallest absolute Gasteiger partial charge is 0.122 e. The van der Waals surface area contributed by atoms with Crippen molar-refractivity contribution < 1.29 is 14.2 Å². The van der Waals surface area contributed by atoms with Crippen LogP contribution in [-0.2, 0) is 4.74 Å². The van der Waals surface area contributed by atoms with Crippen LogP contribution in [0.4, 0.5) is 0 Å². The molecule has 2 N–H and O–H groups in total. The molecule has 1 aliphatic heterocycles. The first-order valence-electron chi connectivity index (χ1n) is 7.50. The highest BCUT2D eigenvalue weighted by molar-refractivity contribution is 5.40. The van der Waals surface area contributed by atoms with Gasteiger partial charge in [0.2, 0.25) is 0 Å². The van der Waals surface area contributed by atoms with Crippen LogP contribution in [0.5, 0.6) is 11.5 Å². The molecule has 1 saturated heterocycles. The van der Waals surface area contributed by atoms with Gasteiger partial charge in [0.25, 0.3) is 0 Å². The molecular weight excluding hydrogens is 268 g/mol. The first-order chi connectivity index (χ1) is 10.2. The van der Waals surface area contributed by atoms with Gasteiger partial charge in [-0.2, -0.15) is 0 Å². The summed E-state index contributed by atoms with van der Waals surface area (Å²) in [5.74, 6) is 1.50. The van der Waals surface area contributed by atoms with Crippen molar-refractivity contribution in [1.29, 1.82) is 0 Å². The van der Waals surface area contributed by atoms with Crippen molar-refractivity contribution in [2.24, 2.45) is 5.73 Å². The summed E-state index contributed by atoms with van der Waals surface area (Å²) in [5.41, 5.74) is 7.39. The fourth-order valence-electron chi connectivity index (χ4n) is 2.70. The zero-order chi connectivity index (χ0) is 15.2. The van der Waals surface area contributed by atoms with Gasteiger partial charge in [-0.3, -0.25) is 4.90 Å². The van der Waals surface area contributed by atoms with Crippen LogP contribution in [-0.4, -0.2) is 51.5 Å². The largest absolute Gasteiger partial charge is 0.497 e. The molecule has 0 aromatic heterocycles. The van der Waals surface area contributed by atoms with Gasteiger partial charge in [0.05, 0.1) is 33.0 Å². The van der Waals surface area contributed by atoms with E-state index in [9.17, 15) is 0 Å². The van der Waals surface area contributed by atoms with Gasteiger partial charge in [-0.05, 0) is 30.7 Å². The van der Waals surface area contributed by atoms with E-state index in [1.54, 1.807) is 14.2 Å². The molecule has 2 rings (SSSR count). The first-order valence-corrected chi connectivity index (χ1v) is 7.50. The summed E-state index contributed by atoms with van der Waals surface area (Å²) in [6.07, 6.45) is 1.15. The maximum absolute atomic E-state index is 6.41. The number of hydrogen-bond donors (Lipinski definition) is 1. The molecule has 0 saturated carbocycles. The van der Waals surface area contributed by atoms with Crippen molar-refractivity contribution in [2.45, 2.75) is 25.5 Å². The van der Waals surface area contributed by atoms with Gasteiger partial charge in [-0.25, -0.2) is 0 Å². The molecule has 0 radical (unpaired) electrons. The fourth-order valence-corrected chi connectivity index (χ4v) is 2.70. The number of morpholine rings is 1. The lowest BCUT2D eigenvalue weighted by molar-refractivity contribution is -0.0408. The van der Waals surface area contributed by atoms with E-state index in [1.807, 2.05) is 18.2 Å². The van der Waals surface area contributed by atoms with Crippen LogP contribution in [0.1, 0.15) is 24.9 Å². The van der Waals surface area contributed by atoms with Crippen molar-refractivity contribution in [3.05, 3.63) is 23.8 Å². The van der Waals surface area contributed by atoms with Gasteiger partial charge < -0.3 is 19.9 Å². The Labute approximate surface area is 127 Å². The van der Waals surface area contributed by atoms with E-state index in [1.165, 1.54) is 0 Å². The van der Waals surface area contributed by atoms with Gasteiger partial charge in [-0.1, -0.05) is 6.92 Å². The normalized spacial score (nSPS) is 21.0. The van der Waals surface area contributed by atoms with Crippen LogP contribution < -0.4 is 15.2 Å². The first kappa shape index (κ1) is 16.1. The molecule has 5 heteroatoms. The van der Waals surface area contributed by atoms with Gasteiger partial charge in [0, 0.05) is 19.2 Å². The topological polar surface area (TPSA) is 57.0 Å². The summed E-state index contributed by atoms with van der Waals surface area (Å²) >= 11 is 0. The number of hydrogen-bond acceptors (Lipinski definition) is 5. The van der Waals surface area contributed by atoms with E-state index in [0.717, 1.165) is 49.7 Å². The lowest BCUT2D eigenvalue weighted by atomic mass is 10.00. The number of ether oxygens (including phenoxy) is 3. The molecule has 1 aromatic rings. The molecule has 5 nitrogen and oxygen atoms in total. The molecule has 0 spiro atoms. The van der Waals surface area contributed by atoms with E-state index in [0.29, 0.717) is 0 Å². The Bertz CT molecular complexity index is 429. The van der Waals surface area contributed by atoms with E-state index >= 15 is 0 Å². The second-order valence-corrected chi connectivity index (χ2v) is 5.38. The van der Waals surface area contributed by atoms with Crippen molar-refractivity contribution in [2.75, 3.05) is 40.5 Å². The lowest BCUT2D eigenvalue weighted by Gasteiger charge is -2.35. The van der Waals surface area contributed by atoms with Gasteiger partial charge >= 0.3 is 0 Å². The van der Waals surface area contributed by atoms with Crippen LogP contribution in [0.15, 0.2) is 18.2 Å². The Morgan fingerprint density at radius 2 is 1.95 bits per heavy atom. The minimum absolute atomic E-state index is 0.00196. The lowest BCUT2D eigenvalue weighted by Crippen LogP contribution is -2.47. The third-order valence-corrected chi connectivity index (χ3v) is 3.88. The molecular formula is C16H26N2O3. The number of rotatable bonds is 6. The maximum atomic E-state index is 6.41. The van der Waals surface area contributed by atoms with Gasteiger partial charge in [-0.15, -0.1) is 0 Å². The second-order valence-electron chi connectivity index (χ2n) is 5.38. The maximum Gasteiger partial charge on any atom is 0.122 e. The predicted octanol–water partition coefficient (Wildman–Crippen LogP) is 1.81. The van der Waals surface area contributed by atoms with Crippen LogP contribution in [0.3, 0.4) is 0 Å². The Hall–Kier alpha value is -1.30. The average Bonchev–Trinajstić information content (AvgIpc) is 2.54. The molecule has 1 fully saturated rings. The molecule has 21 heavy (non-hydrogen) atoms. The predicted molar refractivity (Wildman–Crippen MR) is 82.9 cm³/mol. The Morgan fingerprint density at radius 3 is 2.52 bits per heavy atom. The fraction of sp³-hybridized carbons (Fsp3) is 0.625. The summed E-state index contributed by atoms with van der Waals surface area (Å²) in [5, 5.41) is 0. The van der Waals surface area contributed by atoms with E-state index < -0.39 is 0 Å². The summed E-state index contributed by atoms with van der Waals surface area (Å²) in [4.78, 5) is 2.41. The number of nitrogens with zero attached hydrogens (tertiary/aromatic N) is 1. The van der Waals surface area contributed by atoms with E-state index in [2.05, 4.69) is 11.8 Å². The molecule has 0 aliphatic carbocycles. The van der Waals surface area contributed by atoms with E-state index in [4.69, 9.17) is 19.9 Å². The third-order valence-electron chi connectivity index (χ3n) is 3.88. The number of methoxy groups -OCH3 is 2. The van der Waals surface area contributed by atoms with E-state index in [-0.39, 0.29) is 12.1 Å². The molecule has 118 valence electrons. The monoisotopic (exact) mass is 294 g/mol. The summed E-state index contributed by atoms with van der Waals surface area (Å²) in [7, 11) is 3.29. The average molecular weight is 294 g/mol. The molecule has 0 bridgehead atoms. The molecule has 2 atom stereocenters. The van der Waals surface area contributed by atoms with Crippen LogP contribution in [0.2, 0.25) is 0 Å². The zero-order valence-corrected chi connectivity index (χ0v) is 13.2. The second kappa shape index (κ2) is 7.64. The minimum Gasteiger partial charge on any atom is -0.497 e. The highest BCUT2D eigenvalue weighted by atomic mass is 16.5. The molecule has 0 amide bonds.